The van der Waals surface area contributed by atoms with Gasteiger partial charge in [-0.2, -0.15) is 13.6 Å². The number of aryl methyl sites for hydroxylation is 1. The Hall–Kier alpha value is -2.64. The summed E-state index contributed by atoms with van der Waals surface area (Å²) in [6.45, 7) is 0. The Balaban J connectivity index is 2.07. The SMILES string of the molecule is NS(=O)(=O)Oc1ccc2c3c(c(=O)n(-c4ccccc4)c2c1)CCC3. The largest absolute Gasteiger partial charge is 0.380 e. The van der Waals surface area contributed by atoms with E-state index in [2.05, 4.69) is 0 Å². The van der Waals surface area contributed by atoms with Crippen LogP contribution in [0.15, 0.2) is 53.3 Å². The van der Waals surface area contributed by atoms with Gasteiger partial charge in [0, 0.05) is 22.7 Å². The van der Waals surface area contributed by atoms with E-state index >= 15 is 0 Å². The van der Waals surface area contributed by atoms with Crippen molar-refractivity contribution in [3.05, 3.63) is 70.0 Å². The van der Waals surface area contributed by atoms with Gasteiger partial charge >= 0.3 is 10.3 Å². The molecule has 25 heavy (non-hydrogen) atoms. The first kappa shape index (κ1) is 15.9. The number of nitrogens with zero attached hydrogens (tertiary/aromatic N) is 1. The predicted molar refractivity (Wildman–Crippen MR) is 95.3 cm³/mol. The van der Waals surface area contributed by atoms with E-state index in [9.17, 15) is 13.2 Å². The van der Waals surface area contributed by atoms with Gasteiger partial charge in [0.2, 0.25) is 0 Å². The number of aromatic nitrogens is 1. The maximum Gasteiger partial charge on any atom is 0.380 e. The molecule has 0 atom stereocenters. The van der Waals surface area contributed by atoms with Crippen molar-refractivity contribution in [2.45, 2.75) is 19.3 Å². The molecule has 0 radical (unpaired) electrons. The molecule has 0 saturated carbocycles. The van der Waals surface area contributed by atoms with Gasteiger partial charge in [-0.25, -0.2) is 0 Å². The minimum atomic E-state index is -4.13. The summed E-state index contributed by atoms with van der Waals surface area (Å²) in [5, 5.41) is 5.89. The third-order valence-electron chi connectivity index (χ3n) is 4.44. The first-order chi connectivity index (χ1) is 11.9. The molecule has 0 amide bonds. The average molecular weight is 356 g/mol. The molecule has 1 aromatic heterocycles. The van der Waals surface area contributed by atoms with Gasteiger partial charge in [-0.15, -0.1) is 0 Å². The van der Waals surface area contributed by atoms with Crippen LogP contribution in [0.1, 0.15) is 17.5 Å². The highest BCUT2D eigenvalue weighted by Crippen LogP contribution is 2.31. The molecule has 0 spiro atoms. The van der Waals surface area contributed by atoms with Gasteiger partial charge < -0.3 is 4.18 Å². The van der Waals surface area contributed by atoms with E-state index < -0.39 is 10.3 Å². The fraction of sp³-hybridized carbons (Fsp3) is 0.167. The van der Waals surface area contributed by atoms with Crippen molar-refractivity contribution in [2.24, 2.45) is 5.14 Å². The average Bonchev–Trinajstić information content (AvgIpc) is 3.04. The summed E-state index contributed by atoms with van der Waals surface area (Å²) in [7, 11) is -4.13. The van der Waals surface area contributed by atoms with Crippen molar-refractivity contribution in [1.29, 1.82) is 0 Å². The first-order valence-corrected chi connectivity index (χ1v) is 9.39. The van der Waals surface area contributed by atoms with Crippen molar-refractivity contribution in [3.63, 3.8) is 0 Å². The standard InChI is InChI=1S/C18H16N2O4S/c19-25(22,23)24-13-9-10-15-14-7-4-8-16(14)18(21)20(17(15)11-13)12-5-2-1-3-6-12/h1-3,5-6,9-11H,4,7-8H2,(H2,19,22,23). The molecule has 0 saturated heterocycles. The Kier molecular flexibility index (Phi) is 3.63. The molecule has 0 fully saturated rings. The minimum absolute atomic E-state index is 0.0704. The Morgan fingerprint density at radius 3 is 2.44 bits per heavy atom. The Bertz CT molecular complexity index is 1140. The molecule has 0 unspecified atom stereocenters. The zero-order valence-corrected chi connectivity index (χ0v) is 14.1. The van der Waals surface area contributed by atoms with Gasteiger partial charge in [0.1, 0.15) is 5.75 Å². The minimum Gasteiger partial charge on any atom is -0.371 e. The van der Waals surface area contributed by atoms with Crippen LogP contribution in [0.5, 0.6) is 5.75 Å². The van der Waals surface area contributed by atoms with Gasteiger partial charge in [0.25, 0.3) is 5.56 Å². The molecule has 128 valence electrons. The van der Waals surface area contributed by atoms with Gasteiger partial charge in [-0.05, 0) is 49.1 Å². The number of para-hydroxylation sites is 1. The Morgan fingerprint density at radius 1 is 1.00 bits per heavy atom. The molecule has 0 aliphatic heterocycles. The molecule has 3 aromatic rings. The van der Waals surface area contributed by atoms with E-state index in [0.29, 0.717) is 5.52 Å². The number of rotatable bonds is 3. The molecule has 2 aromatic carbocycles. The third kappa shape index (κ3) is 2.81. The molecule has 4 rings (SSSR count). The van der Waals surface area contributed by atoms with Gasteiger partial charge in [-0.3, -0.25) is 9.36 Å². The molecule has 1 aliphatic rings. The third-order valence-corrected chi connectivity index (χ3v) is 4.87. The molecule has 1 aliphatic carbocycles. The zero-order chi connectivity index (χ0) is 17.6. The molecule has 2 N–H and O–H groups in total. The van der Waals surface area contributed by atoms with Crippen LogP contribution in [0.3, 0.4) is 0 Å². The van der Waals surface area contributed by atoms with Crippen LogP contribution in [0.4, 0.5) is 0 Å². The number of nitrogens with two attached hydrogens (primary N) is 1. The lowest BCUT2D eigenvalue weighted by Crippen LogP contribution is -2.23. The zero-order valence-electron chi connectivity index (χ0n) is 13.3. The number of pyridine rings is 1. The number of hydrogen-bond acceptors (Lipinski definition) is 4. The highest BCUT2D eigenvalue weighted by molar-refractivity contribution is 7.84. The van der Waals surface area contributed by atoms with Crippen molar-refractivity contribution in [2.75, 3.05) is 0 Å². The molecule has 0 bridgehead atoms. The fourth-order valence-electron chi connectivity index (χ4n) is 3.49. The van der Waals surface area contributed by atoms with Crippen LogP contribution in [-0.2, 0) is 23.1 Å². The molecule has 6 nitrogen and oxygen atoms in total. The lowest BCUT2D eigenvalue weighted by atomic mass is 10.0. The van der Waals surface area contributed by atoms with Crippen LogP contribution < -0.4 is 14.9 Å². The smallest absolute Gasteiger partial charge is 0.371 e. The predicted octanol–water partition coefficient (Wildman–Crippen LogP) is 2.06. The Labute approximate surface area is 144 Å². The van der Waals surface area contributed by atoms with E-state index in [0.717, 1.165) is 41.5 Å². The maximum absolute atomic E-state index is 13.1. The van der Waals surface area contributed by atoms with Crippen molar-refractivity contribution < 1.29 is 12.6 Å². The van der Waals surface area contributed by atoms with Crippen LogP contribution >= 0.6 is 0 Å². The summed E-state index contributed by atoms with van der Waals surface area (Å²) >= 11 is 0. The quantitative estimate of drug-likeness (QED) is 0.778. The summed E-state index contributed by atoms with van der Waals surface area (Å²) in [6, 6.07) is 14.2. The summed E-state index contributed by atoms with van der Waals surface area (Å²) in [4.78, 5) is 13.1. The number of benzene rings is 2. The number of fused-ring (bicyclic) bond motifs is 3. The van der Waals surface area contributed by atoms with Crippen LogP contribution in [0.2, 0.25) is 0 Å². The van der Waals surface area contributed by atoms with Crippen molar-refractivity contribution >= 4 is 21.2 Å². The maximum atomic E-state index is 13.1. The monoisotopic (exact) mass is 356 g/mol. The summed E-state index contributed by atoms with van der Waals surface area (Å²) in [5.74, 6) is 0.0806. The highest BCUT2D eigenvalue weighted by Gasteiger charge is 2.22. The number of hydrogen-bond donors (Lipinski definition) is 1. The lowest BCUT2D eigenvalue weighted by Gasteiger charge is -2.15. The van der Waals surface area contributed by atoms with E-state index in [1.54, 1.807) is 22.8 Å². The second-order valence-electron chi connectivity index (χ2n) is 6.04. The van der Waals surface area contributed by atoms with E-state index in [1.807, 2.05) is 30.3 Å². The van der Waals surface area contributed by atoms with Gasteiger partial charge in [0.05, 0.1) is 5.52 Å². The normalized spacial score (nSPS) is 13.8. The topological polar surface area (TPSA) is 91.4 Å². The van der Waals surface area contributed by atoms with Crippen molar-refractivity contribution in [1.82, 2.24) is 4.57 Å². The molecule has 1 heterocycles. The second kappa shape index (κ2) is 5.72. The second-order valence-corrected chi connectivity index (χ2v) is 7.19. The summed E-state index contributed by atoms with van der Waals surface area (Å²) in [6.07, 6.45) is 2.53. The fourth-order valence-corrected chi connectivity index (χ4v) is 3.86. The lowest BCUT2D eigenvalue weighted by molar-refractivity contribution is 0.488. The van der Waals surface area contributed by atoms with E-state index in [4.69, 9.17) is 9.32 Å². The van der Waals surface area contributed by atoms with Crippen molar-refractivity contribution in [3.8, 4) is 11.4 Å². The van der Waals surface area contributed by atoms with Crippen LogP contribution in [0.25, 0.3) is 16.6 Å². The van der Waals surface area contributed by atoms with Gasteiger partial charge in [0.15, 0.2) is 0 Å². The van der Waals surface area contributed by atoms with E-state index in [1.165, 1.54) is 0 Å². The first-order valence-electron chi connectivity index (χ1n) is 7.92. The van der Waals surface area contributed by atoms with Gasteiger partial charge in [-0.1, -0.05) is 18.2 Å². The van der Waals surface area contributed by atoms with Crippen LogP contribution in [0, 0.1) is 0 Å². The summed E-state index contributed by atoms with van der Waals surface area (Å²) in [5.41, 5.74) is 3.13. The Morgan fingerprint density at radius 2 is 1.72 bits per heavy atom. The summed E-state index contributed by atoms with van der Waals surface area (Å²) < 4.78 is 28.9. The molecular formula is C18H16N2O4S. The van der Waals surface area contributed by atoms with Crippen LogP contribution in [-0.4, -0.2) is 13.0 Å². The van der Waals surface area contributed by atoms with E-state index in [-0.39, 0.29) is 11.3 Å². The molecule has 7 heteroatoms. The highest BCUT2D eigenvalue weighted by atomic mass is 32.2. The molecular weight excluding hydrogens is 340 g/mol.